The zero-order chi connectivity index (χ0) is 11.7. The largest absolute Gasteiger partial charge is 0.327 e. The van der Waals surface area contributed by atoms with Crippen LogP contribution in [0.25, 0.3) is 0 Å². The van der Waals surface area contributed by atoms with Gasteiger partial charge < -0.3 is 5.73 Å². The third-order valence-electron chi connectivity index (χ3n) is 3.55. The molecule has 0 saturated carbocycles. The monoisotopic (exact) mass is 302 g/mol. The first kappa shape index (κ1) is 12.6. The molecule has 0 bridgehead atoms. The molecule has 1 aliphatic heterocycles. The summed E-state index contributed by atoms with van der Waals surface area (Å²) in [6, 6.07) is 3.14. The van der Waals surface area contributed by atoms with Crippen molar-refractivity contribution in [1.82, 2.24) is 4.90 Å². The van der Waals surface area contributed by atoms with Gasteiger partial charge in [-0.3, -0.25) is 4.90 Å². The maximum Gasteiger partial charge on any atom is 0.0413 e. The molecule has 2 rings (SSSR count). The number of piperidine rings is 1. The van der Waals surface area contributed by atoms with Crippen molar-refractivity contribution in [2.45, 2.75) is 32.4 Å². The SMILES string of the molecule is CC1CN(C(C)c2cc(Br)cs2)CCC1N. The molecule has 0 aromatic carbocycles. The fraction of sp³-hybridized carbons (Fsp3) is 0.667. The summed E-state index contributed by atoms with van der Waals surface area (Å²) in [5, 5.41) is 2.16. The number of hydrogen-bond donors (Lipinski definition) is 1. The van der Waals surface area contributed by atoms with Gasteiger partial charge in [0, 0.05) is 39.9 Å². The second-order valence-electron chi connectivity index (χ2n) is 4.77. The Hall–Kier alpha value is 0.1000. The summed E-state index contributed by atoms with van der Waals surface area (Å²) in [7, 11) is 0. The van der Waals surface area contributed by atoms with Gasteiger partial charge in [-0.25, -0.2) is 0 Å². The molecule has 1 aromatic rings. The van der Waals surface area contributed by atoms with Crippen LogP contribution in [0, 0.1) is 5.92 Å². The lowest BCUT2D eigenvalue weighted by molar-refractivity contribution is 0.126. The minimum Gasteiger partial charge on any atom is -0.327 e. The molecule has 0 aliphatic carbocycles. The first-order valence-corrected chi connectivity index (χ1v) is 7.48. The van der Waals surface area contributed by atoms with Crippen molar-refractivity contribution >= 4 is 27.3 Å². The summed E-state index contributed by atoms with van der Waals surface area (Å²) in [5.41, 5.74) is 6.05. The van der Waals surface area contributed by atoms with Gasteiger partial charge in [0.1, 0.15) is 0 Å². The third-order valence-corrected chi connectivity index (χ3v) is 5.41. The van der Waals surface area contributed by atoms with Crippen LogP contribution in [0.1, 0.15) is 31.2 Å². The van der Waals surface area contributed by atoms with Crippen LogP contribution in [-0.2, 0) is 0 Å². The molecule has 1 saturated heterocycles. The van der Waals surface area contributed by atoms with Crippen molar-refractivity contribution in [2.24, 2.45) is 11.7 Å². The average Bonchev–Trinajstić information content (AvgIpc) is 2.68. The summed E-state index contributed by atoms with van der Waals surface area (Å²) >= 11 is 5.35. The van der Waals surface area contributed by atoms with E-state index in [9.17, 15) is 0 Å². The Morgan fingerprint density at radius 1 is 1.62 bits per heavy atom. The van der Waals surface area contributed by atoms with E-state index in [4.69, 9.17) is 5.73 Å². The van der Waals surface area contributed by atoms with Crippen LogP contribution in [-0.4, -0.2) is 24.0 Å². The number of thiophene rings is 1. The van der Waals surface area contributed by atoms with Gasteiger partial charge in [0.2, 0.25) is 0 Å². The second kappa shape index (κ2) is 5.17. The van der Waals surface area contributed by atoms with E-state index < -0.39 is 0 Å². The summed E-state index contributed by atoms with van der Waals surface area (Å²) < 4.78 is 1.20. The summed E-state index contributed by atoms with van der Waals surface area (Å²) in [4.78, 5) is 3.99. The van der Waals surface area contributed by atoms with Crippen molar-refractivity contribution in [3.8, 4) is 0 Å². The Morgan fingerprint density at radius 2 is 2.38 bits per heavy atom. The highest BCUT2D eigenvalue weighted by Gasteiger charge is 2.27. The Kier molecular flexibility index (Phi) is 4.06. The van der Waals surface area contributed by atoms with Gasteiger partial charge in [-0.15, -0.1) is 11.3 Å². The molecule has 90 valence electrons. The van der Waals surface area contributed by atoms with Crippen LogP contribution in [0.2, 0.25) is 0 Å². The molecule has 3 atom stereocenters. The van der Waals surface area contributed by atoms with Crippen molar-refractivity contribution in [3.63, 3.8) is 0 Å². The quantitative estimate of drug-likeness (QED) is 0.909. The lowest BCUT2D eigenvalue weighted by atomic mass is 9.94. The van der Waals surface area contributed by atoms with Crippen LogP contribution < -0.4 is 5.73 Å². The number of hydrogen-bond acceptors (Lipinski definition) is 3. The number of rotatable bonds is 2. The zero-order valence-corrected chi connectivity index (χ0v) is 12.2. The fourth-order valence-corrected chi connectivity index (χ4v) is 3.81. The molecule has 2 nitrogen and oxygen atoms in total. The van der Waals surface area contributed by atoms with E-state index in [-0.39, 0.29) is 0 Å². The number of halogens is 1. The summed E-state index contributed by atoms with van der Waals surface area (Å²) in [6.07, 6.45) is 1.12. The molecule has 1 aromatic heterocycles. The molecule has 0 amide bonds. The Bertz CT molecular complexity index is 353. The fourth-order valence-electron chi connectivity index (χ4n) is 2.28. The number of likely N-dealkylation sites (tertiary alicyclic amines) is 1. The highest BCUT2D eigenvalue weighted by molar-refractivity contribution is 9.10. The van der Waals surface area contributed by atoms with E-state index >= 15 is 0 Å². The lowest BCUT2D eigenvalue weighted by Gasteiger charge is -2.38. The topological polar surface area (TPSA) is 29.3 Å². The smallest absolute Gasteiger partial charge is 0.0413 e. The number of nitrogens with zero attached hydrogens (tertiary/aromatic N) is 1. The van der Waals surface area contributed by atoms with Gasteiger partial charge in [-0.05, 0) is 41.3 Å². The predicted octanol–water partition coefficient (Wildman–Crippen LogP) is 3.24. The molecule has 0 spiro atoms. The maximum atomic E-state index is 6.05. The molecular weight excluding hydrogens is 284 g/mol. The lowest BCUT2D eigenvalue weighted by Crippen LogP contribution is -2.46. The normalized spacial score (nSPS) is 29.2. The Balaban J connectivity index is 2.02. The third kappa shape index (κ3) is 2.67. The first-order valence-electron chi connectivity index (χ1n) is 5.81. The van der Waals surface area contributed by atoms with Crippen LogP contribution in [0.15, 0.2) is 15.9 Å². The van der Waals surface area contributed by atoms with Crippen molar-refractivity contribution < 1.29 is 0 Å². The van der Waals surface area contributed by atoms with E-state index in [1.54, 1.807) is 0 Å². The predicted molar refractivity (Wildman–Crippen MR) is 73.8 cm³/mol. The second-order valence-corrected chi connectivity index (χ2v) is 6.63. The molecule has 16 heavy (non-hydrogen) atoms. The van der Waals surface area contributed by atoms with E-state index in [1.165, 1.54) is 9.35 Å². The van der Waals surface area contributed by atoms with E-state index in [2.05, 4.69) is 46.1 Å². The van der Waals surface area contributed by atoms with Gasteiger partial charge in [0.05, 0.1) is 0 Å². The van der Waals surface area contributed by atoms with E-state index in [0.717, 1.165) is 19.5 Å². The van der Waals surface area contributed by atoms with Crippen molar-refractivity contribution in [2.75, 3.05) is 13.1 Å². The maximum absolute atomic E-state index is 6.05. The molecule has 2 N–H and O–H groups in total. The molecule has 2 heterocycles. The van der Waals surface area contributed by atoms with Crippen molar-refractivity contribution in [3.05, 3.63) is 20.8 Å². The van der Waals surface area contributed by atoms with Gasteiger partial charge in [-0.1, -0.05) is 6.92 Å². The molecule has 3 unspecified atom stereocenters. The van der Waals surface area contributed by atoms with Crippen LogP contribution in [0.4, 0.5) is 0 Å². The summed E-state index contributed by atoms with van der Waals surface area (Å²) in [6.45, 7) is 6.80. The van der Waals surface area contributed by atoms with E-state index in [1.807, 2.05) is 11.3 Å². The standard InChI is InChI=1S/C12H19BrN2S/c1-8-6-15(4-3-11(8)14)9(2)12-5-10(13)7-16-12/h5,7-9,11H,3-4,6,14H2,1-2H3. The van der Waals surface area contributed by atoms with E-state index in [0.29, 0.717) is 18.0 Å². The molecular formula is C12H19BrN2S. The van der Waals surface area contributed by atoms with Gasteiger partial charge in [-0.2, -0.15) is 0 Å². The Morgan fingerprint density at radius 3 is 2.94 bits per heavy atom. The minimum atomic E-state index is 0.388. The zero-order valence-electron chi connectivity index (χ0n) is 9.82. The minimum absolute atomic E-state index is 0.388. The Labute approximate surface area is 110 Å². The van der Waals surface area contributed by atoms with Gasteiger partial charge >= 0.3 is 0 Å². The van der Waals surface area contributed by atoms with Crippen LogP contribution in [0.5, 0.6) is 0 Å². The summed E-state index contributed by atoms with van der Waals surface area (Å²) in [5.74, 6) is 0.611. The highest BCUT2D eigenvalue weighted by atomic mass is 79.9. The molecule has 4 heteroatoms. The molecule has 1 aliphatic rings. The van der Waals surface area contributed by atoms with Crippen LogP contribution in [0.3, 0.4) is 0 Å². The highest BCUT2D eigenvalue weighted by Crippen LogP contribution is 2.31. The molecule has 1 fully saturated rings. The van der Waals surface area contributed by atoms with Gasteiger partial charge in [0.15, 0.2) is 0 Å². The van der Waals surface area contributed by atoms with Gasteiger partial charge in [0.25, 0.3) is 0 Å². The van der Waals surface area contributed by atoms with Crippen molar-refractivity contribution in [1.29, 1.82) is 0 Å². The molecule has 0 radical (unpaired) electrons. The first-order chi connectivity index (χ1) is 7.58. The van der Waals surface area contributed by atoms with Crippen LogP contribution >= 0.6 is 27.3 Å². The number of nitrogens with two attached hydrogens (primary N) is 1. The average molecular weight is 303 g/mol.